The fraction of sp³-hybridized carbons (Fsp3) is 0.647. The van der Waals surface area contributed by atoms with Crippen LogP contribution in [0, 0.1) is 29.5 Å². The van der Waals surface area contributed by atoms with Crippen LogP contribution in [0.2, 0.25) is 0 Å². The highest BCUT2D eigenvalue weighted by Crippen LogP contribution is 2.65. The first-order valence-electron chi connectivity index (χ1n) is 7.38. The van der Waals surface area contributed by atoms with Crippen LogP contribution >= 0.6 is 0 Å². The number of fused-ring (bicyclic) bond motifs is 2. The molecule has 2 aliphatic rings. The van der Waals surface area contributed by atoms with Gasteiger partial charge in [-0.15, -0.1) is 0 Å². The molecule has 0 spiro atoms. The second-order valence-corrected chi connectivity index (χ2v) is 7.24. The van der Waals surface area contributed by atoms with Gasteiger partial charge >= 0.3 is 0 Å². The van der Waals surface area contributed by atoms with Gasteiger partial charge in [0.05, 0.1) is 5.69 Å². The number of rotatable bonds is 2. The van der Waals surface area contributed by atoms with E-state index in [1.807, 2.05) is 13.0 Å². The van der Waals surface area contributed by atoms with E-state index in [0.717, 1.165) is 11.5 Å². The highest BCUT2D eigenvalue weighted by molar-refractivity contribution is 5.53. The molecule has 3 atom stereocenters. The van der Waals surface area contributed by atoms with Gasteiger partial charge in [0.2, 0.25) is 0 Å². The maximum absolute atomic E-state index is 14.0. The molecular formula is C17H24FN. The molecule has 2 heteroatoms. The molecule has 0 saturated heterocycles. The molecule has 2 bridgehead atoms. The quantitative estimate of drug-likeness (QED) is 0.809. The largest absolute Gasteiger partial charge is 0.379 e. The number of anilines is 1. The predicted octanol–water partition coefficient (Wildman–Crippen LogP) is 4.76. The molecule has 1 N–H and O–H groups in total. The first-order chi connectivity index (χ1) is 8.86. The molecule has 3 unspecified atom stereocenters. The predicted molar refractivity (Wildman–Crippen MR) is 77.8 cm³/mol. The van der Waals surface area contributed by atoms with E-state index in [9.17, 15) is 4.39 Å². The Hall–Kier alpha value is -1.05. The summed E-state index contributed by atoms with van der Waals surface area (Å²) in [5.74, 6) is 0.659. The molecule has 3 rings (SSSR count). The number of hydrogen-bond donors (Lipinski definition) is 1. The first-order valence-corrected chi connectivity index (χ1v) is 7.38. The van der Waals surface area contributed by atoms with E-state index in [0.29, 0.717) is 17.1 Å². The first kappa shape index (κ1) is 13.0. The van der Waals surface area contributed by atoms with Gasteiger partial charge in [-0.05, 0) is 54.6 Å². The number of nitrogens with one attached hydrogen (secondary N) is 1. The molecular weight excluding hydrogens is 237 g/mol. The van der Waals surface area contributed by atoms with Crippen LogP contribution in [0.3, 0.4) is 0 Å². The average molecular weight is 261 g/mol. The Morgan fingerprint density at radius 2 is 2.00 bits per heavy atom. The minimum Gasteiger partial charge on any atom is -0.379 e. The Morgan fingerprint density at radius 1 is 1.26 bits per heavy atom. The van der Waals surface area contributed by atoms with Crippen LogP contribution in [-0.2, 0) is 0 Å². The van der Waals surface area contributed by atoms with Crippen LogP contribution in [0.4, 0.5) is 10.1 Å². The minimum absolute atomic E-state index is 0.121. The molecule has 0 aliphatic heterocycles. The third kappa shape index (κ3) is 1.65. The molecule has 0 amide bonds. The van der Waals surface area contributed by atoms with Gasteiger partial charge < -0.3 is 5.32 Å². The highest BCUT2D eigenvalue weighted by atomic mass is 19.1. The molecule has 2 aliphatic carbocycles. The van der Waals surface area contributed by atoms with Crippen molar-refractivity contribution < 1.29 is 4.39 Å². The lowest BCUT2D eigenvalue weighted by Crippen LogP contribution is -2.40. The molecule has 0 heterocycles. The molecule has 1 aromatic carbocycles. The van der Waals surface area contributed by atoms with Crippen molar-refractivity contribution in [1.82, 2.24) is 0 Å². The van der Waals surface area contributed by atoms with Gasteiger partial charge in [-0.2, -0.15) is 0 Å². The zero-order valence-electron chi connectivity index (χ0n) is 12.4. The van der Waals surface area contributed by atoms with Crippen molar-refractivity contribution in [2.24, 2.45) is 16.7 Å². The maximum Gasteiger partial charge on any atom is 0.146 e. The van der Waals surface area contributed by atoms with Gasteiger partial charge in [0.25, 0.3) is 0 Å². The summed E-state index contributed by atoms with van der Waals surface area (Å²) in [5.41, 5.74) is 2.36. The Morgan fingerprint density at radius 3 is 2.53 bits per heavy atom. The molecule has 1 aromatic rings. The van der Waals surface area contributed by atoms with E-state index in [1.165, 1.54) is 19.3 Å². The zero-order chi connectivity index (χ0) is 13.8. The summed E-state index contributed by atoms with van der Waals surface area (Å²) in [4.78, 5) is 0. The lowest BCUT2D eigenvalue weighted by atomic mass is 9.69. The van der Waals surface area contributed by atoms with E-state index in [2.05, 4.69) is 26.1 Å². The fourth-order valence-corrected chi connectivity index (χ4v) is 4.41. The Bertz CT molecular complexity index is 488. The van der Waals surface area contributed by atoms with Gasteiger partial charge in [-0.25, -0.2) is 4.39 Å². The maximum atomic E-state index is 14.0. The van der Waals surface area contributed by atoms with E-state index >= 15 is 0 Å². The van der Waals surface area contributed by atoms with Crippen LogP contribution in [0.1, 0.15) is 45.6 Å². The number of hydrogen-bond acceptors (Lipinski definition) is 1. The van der Waals surface area contributed by atoms with Crippen molar-refractivity contribution in [3.05, 3.63) is 29.6 Å². The third-order valence-corrected chi connectivity index (χ3v) is 6.33. The number of aryl methyl sites for hydroxylation is 1. The Kier molecular flexibility index (Phi) is 2.71. The van der Waals surface area contributed by atoms with Crippen LogP contribution in [0.15, 0.2) is 18.2 Å². The van der Waals surface area contributed by atoms with Crippen molar-refractivity contribution >= 4 is 5.69 Å². The van der Waals surface area contributed by atoms with Crippen LogP contribution < -0.4 is 5.32 Å². The molecule has 104 valence electrons. The summed E-state index contributed by atoms with van der Waals surface area (Å²) < 4.78 is 14.0. The molecule has 2 fully saturated rings. The molecule has 1 nitrogen and oxygen atoms in total. The Balaban J connectivity index is 1.90. The van der Waals surface area contributed by atoms with Crippen molar-refractivity contribution in [3.63, 3.8) is 0 Å². The zero-order valence-corrected chi connectivity index (χ0v) is 12.4. The van der Waals surface area contributed by atoms with Gasteiger partial charge in [0.15, 0.2) is 0 Å². The molecule has 2 saturated carbocycles. The molecule has 0 radical (unpaired) electrons. The molecule has 0 aromatic heterocycles. The summed E-state index contributed by atoms with van der Waals surface area (Å²) in [6.07, 6.45) is 3.77. The topological polar surface area (TPSA) is 12.0 Å². The summed E-state index contributed by atoms with van der Waals surface area (Å²) in [7, 11) is 0. The van der Waals surface area contributed by atoms with Gasteiger partial charge in [0, 0.05) is 6.04 Å². The SMILES string of the molecule is Cc1cccc(F)c1NC1CC2CCC1(C)C2(C)C. The van der Waals surface area contributed by atoms with E-state index < -0.39 is 0 Å². The van der Waals surface area contributed by atoms with Gasteiger partial charge in [-0.3, -0.25) is 0 Å². The van der Waals surface area contributed by atoms with Crippen LogP contribution in [0.25, 0.3) is 0 Å². The summed E-state index contributed by atoms with van der Waals surface area (Å²) >= 11 is 0. The lowest BCUT2D eigenvalue weighted by molar-refractivity contribution is 0.142. The van der Waals surface area contributed by atoms with Gasteiger partial charge in [0.1, 0.15) is 5.82 Å². The summed E-state index contributed by atoms with van der Waals surface area (Å²) in [6.45, 7) is 9.14. The second-order valence-electron chi connectivity index (χ2n) is 7.24. The number of benzene rings is 1. The molecule has 19 heavy (non-hydrogen) atoms. The van der Waals surface area contributed by atoms with E-state index in [-0.39, 0.29) is 11.2 Å². The third-order valence-electron chi connectivity index (χ3n) is 6.33. The van der Waals surface area contributed by atoms with E-state index in [4.69, 9.17) is 0 Å². The summed E-state index contributed by atoms with van der Waals surface area (Å²) in [6, 6.07) is 5.71. The Labute approximate surface area is 115 Å². The minimum atomic E-state index is -0.121. The standard InChI is InChI=1S/C17H24FN/c1-11-6-5-7-13(18)15(11)19-14-10-12-8-9-17(14,4)16(12,2)3/h5-7,12,14,19H,8-10H2,1-4H3. The summed E-state index contributed by atoms with van der Waals surface area (Å²) in [5, 5.41) is 3.53. The highest BCUT2D eigenvalue weighted by Gasteiger charge is 2.61. The van der Waals surface area contributed by atoms with Gasteiger partial charge in [-0.1, -0.05) is 32.9 Å². The van der Waals surface area contributed by atoms with Crippen molar-refractivity contribution in [2.45, 2.75) is 53.0 Å². The number of halogens is 1. The van der Waals surface area contributed by atoms with Crippen LogP contribution in [0.5, 0.6) is 0 Å². The monoisotopic (exact) mass is 261 g/mol. The van der Waals surface area contributed by atoms with Crippen molar-refractivity contribution in [3.8, 4) is 0 Å². The normalized spacial score (nSPS) is 35.6. The van der Waals surface area contributed by atoms with E-state index in [1.54, 1.807) is 12.1 Å². The smallest absolute Gasteiger partial charge is 0.146 e. The second kappa shape index (κ2) is 3.97. The van der Waals surface area contributed by atoms with Crippen molar-refractivity contribution in [1.29, 1.82) is 0 Å². The fourth-order valence-electron chi connectivity index (χ4n) is 4.41. The number of para-hydroxylation sites is 1. The van der Waals surface area contributed by atoms with Crippen molar-refractivity contribution in [2.75, 3.05) is 5.32 Å². The average Bonchev–Trinajstić information content (AvgIpc) is 2.67. The lowest BCUT2D eigenvalue weighted by Gasteiger charge is -2.40. The van der Waals surface area contributed by atoms with Crippen LogP contribution in [-0.4, -0.2) is 6.04 Å².